The van der Waals surface area contributed by atoms with Crippen LogP contribution in [0.3, 0.4) is 0 Å². The van der Waals surface area contributed by atoms with E-state index in [-0.39, 0.29) is 16.9 Å². The van der Waals surface area contributed by atoms with Crippen LogP contribution in [-0.2, 0) is 20.2 Å². The predicted octanol–water partition coefficient (Wildman–Crippen LogP) is -1.57. The minimum Gasteiger partial charge on any atom is -1.00 e. The topological polar surface area (TPSA) is 137 Å². The Hall–Kier alpha value is -0.770. The number of rotatable bonds is 2. The Kier molecular flexibility index (Phi) is 5.24. The van der Waals surface area contributed by atoms with Gasteiger partial charge in [-0.2, -0.15) is 16.8 Å². The lowest BCUT2D eigenvalue weighted by Crippen LogP contribution is -3.00. The van der Waals surface area contributed by atoms with Crippen molar-refractivity contribution in [3.05, 3.63) is 21.6 Å². The maximum absolute atomic E-state index is 10.9. The third-order valence-corrected chi connectivity index (χ3v) is 3.85. The molecular formula is C6H4BrClN2O6S2. The van der Waals surface area contributed by atoms with E-state index < -0.39 is 35.7 Å². The minimum absolute atomic E-state index is 0. The molecule has 0 unspecified atom stereocenters. The van der Waals surface area contributed by atoms with Crippen LogP contribution in [-0.4, -0.2) is 25.9 Å². The molecule has 12 heteroatoms. The molecule has 0 aliphatic rings. The first-order valence-corrected chi connectivity index (χ1v) is 7.38. The van der Waals surface area contributed by atoms with E-state index in [1.165, 1.54) is 0 Å². The Labute approximate surface area is 117 Å². The fourth-order valence-corrected chi connectivity index (χ4v) is 3.21. The van der Waals surface area contributed by atoms with Crippen LogP contribution in [0.25, 0.3) is 4.98 Å². The number of hydrogen-bond donors (Lipinski definition) is 2. The third-order valence-electron chi connectivity index (χ3n) is 1.66. The van der Waals surface area contributed by atoms with Crippen molar-refractivity contribution in [3.8, 4) is 0 Å². The first-order valence-electron chi connectivity index (χ1n) is 3.71. The Morgan fingerprint density at radius 3 is 1.61 bits per heavy atom. The Morgan fingerprint density at radius 1 is 1.06 bits per heavy atom. The second kappa shape index (κ2) is 5.47. The number of hydrogen-bond acceptors (Lipinski definition) is 5. The Balaban J connectivity index is 0.00000289. The van der Waals surface area contributed by atoms with E-state index in [1.807, 2.05) is 0 Å². The summed E-state index contributed by atoms with van der Waals surface area (Å²) in [6, 6.07) is 1.64. The van der Waals surface area contributed by atoms with Crippen LogP contribution < -0.4 is 12.4 Å². The lowest BCUT2D eigenvalue weighted by atomic mass is 10.3. The molecule has 0 saturated heterocycles. The molecule has 0 radical (unpaired) electrons. The summed E-state index contributed by atoms with van der Waals surface area (Å²) in [6.07, 6.45) is 0. The van der Waals surface area contributed by atoms with E-state index in [2.05, 4.69) is 20.9 Å². The van der Waals surface area contributed by atoms with Gasteiger partial charge >= 0.3 is 25.9 Å². The van der Waals surface area contributed by atoms with E-state index in [4.69, 9.17) is 14.5 Å². The van der Waals surface area contributed by atoms with E-state index in [0.717, 1.165) is 12.1 Å². The smallest absolute Gasteiger partial charge is 0.426 e. The van der Waals surface area contributed by atoms with Gasteiger partial charge in [-0.3, -0.25) is 9.11 Å². The van der Waals surface area contributed by atoms with Gasteiger partial charge in [0.2, 0.25) is 5.39 Å². The van der Waals surface area contributed by atoms with Crippen molar-refractivity contribution in [2.24, 2.45) is 0 Å². The molecule has 0 bridgehead atoms. The molecule has 0 heterocycles. The molecule has 0 atom stereocenters. The van der Waals surface area contributed by atoms with E-state index in [0.29, 0.717) is 0 Å². The second-order valence-electron chi connectivity index (χ2n) is 2.80. The standard InChI is InChI=1S/C6H3BrN2O6S2.ClH/c7-3-1-4(16(10,11)12)6(9-8)5(2-3)17(13,14)15;/h1-2H,(H-,10,11,12,13,14,15);1H. The first kappa shape index (κ1) is 17.2. The molecule has 1 aromatic rings. The highest BCUT2D eigenvalue weighted by Gasteiger charge is 2.34. The largest absolute Gasteiger partial charge is 1.00 e. The Morgan fingerprint density at radius 2 is 1.39 bits per heavy atom. The molecule has 0 saturated carbocycles. The molecule has 0 fully saturated rings. The van der Waals surface area contributed by atoms with E-state index >= 15 is 0 Å². The number of nitrogens with zero attached hydrogens (tertiary/aromatic N) is 2. The lowest BCUT2D eigenvalue weighted by molar-refractivity contribution is -0.0000119. The highest BCUT2D eigenvalue weighted by molar-refractivity contribution is 9.10. The third kappa shape index (κ3) is 3.61. The quantitative estimate of drug-likeness (QED) is 0.468. The number of halogens is 2. The molecule has 0 aliphatic heterocycles. The van der Waals surface area contributed by atoms with Gasteiger partial charge in [-0.15, -0.1) is 0 Å². The van der Waals surface area contributed by atoms with E-state index in [9.17, 15) is 16.8 Å². The van der Waals surface area contributed by atoms with Gasteiger partial charge in [0, 0.05) is 4.47 Å². The molecule has 0 aromatic heterocycles. The monoisotopic (exact) mass is 378 g/mol. The average Bonchev–Trinajstić information content (AvgIpc) is 2.13. The van der Waals surface area contributed by atoms with Crippen molar-refractivity contribution in [2.75, 3.05) is 0 Å². The van der Waals surface area contributed by atoms with Crippen molar-refractivity contribution in [1.82, 2.24) is 0 Å². The zero-order chi connectivity index (χ0) is 13.4. The SMILES string of the molecule is N#[N+]c1c(S(=O)(=O)O)cc(Br)cc1S(=O)(=O)O.[Cl-]. The summed E-state index contributed by atoms with van der Waals surface area (Å²) in [5, 5.41) is 8.58. The van der Waals surface area contributed by atoms with E-state index in [1.54, 1.807) is 0 Å². The van der Waals surface area contributed by atoms with Gasteiger partial charge in [0.05, 0.1) is 0 Å². The molecule has 0 spiro atoms. The van der Waals surface area contributed by atoms with Crippen LogP contribution in [0.5, 0.6) is 0 Å². The van der Waals surface area contributed by atoms with Crippen LogP contribution in [0.15, 0.2) is 26.4 Å². The molecule has 8 nitrogen and oxygen atoms in total. The normalized spacial score (nSPS) is 11.4. The van der Waals surface area contributed by atoms with Crippen molar-refractivity contribution in [3.63, 3.8) is 0 Å². The van der Waals surface area contributed by atoms with Crippen LogP contribution in [0.4, 0.5) is 5.69 Å². The molecule has 0 amide bonds. The second-order valence-corrected chi connectivity index (χ2v) is 6.50. The maximum Gasteiger partial charge on any atom is 0.426 e. The predicted molar refractivity (Wildman–Crippen MR) is 58.5 cm³/mol. The Bertz CT molecular complexity index is 670. The summed E-state index contributed by atoms with van der Waals surface area (Å²) in [4.78, 5) is 0.532. The van der Waals surface area contributed by atoms with Crippen molar-refractivity contribution < 1.29 is 38.3 Å². The maximum atomic E-state index is 10.9. The molecule has 0 aliphatic carbocycles. The van der Waals surface area contributed by atoms with Gasteiger partial charge in [-0.25, -0.2) is 0 Å². The fraction of sp³-hybridized carbons (Fsp3) is 0. The summed E-state index contributed by atoms with van der Waals surface area (Å²) in [7, 11) is -9.62. The van der Waals surface area contributed by atoms with Crippen LogP contribution in [0, 0.1) is 5.39 Å². The molecular weight excluding hydrogens is 376 g/mol. The van der Waals surface area contributed by atoms with Gasteiger partial charge in [0.15, 0.2) is 14.8 Å². The van der Waals surface area contributed by atoms with Gasteiger partial charge < -0.3 is 12.4 Å². The molecule has 2 N–H and O–H groups in total. The summed E-state index contributed by atoms with van der Waals surface area (Å²) < 4.78 is 61.3. The van der Waals surface area contributed by atoms with Crippen molar-refractivity contribution in [2.45, 2.75) is 9.79 Å². The van der Waals surface area contributed by atoms with Crippen LogP contribution in [0.2, 0.25) is 0 Å². The van der Waals surface area contributed by atoms with Gasteiger partial charge in [-0.1, -0.05) is 15.9 Å². The fourth-order valence-electron chi connectivity index (χ4n) is 1.04. The van der Waals surface area contributed by atoms with Gasteiger partial charge in [0.1, 0.15) is 0 Å². The summed E-state index contributed by atoms with van der Waals surface area (Å²) in [5.41, 5.74) is -0.974. The zero-order valence-electron chi connectivity index (χ0n) is 8.15. The van der Waals surface area contributed by atoms with Crippen molar-refractivity contribution in [1.29, 1.82) is 5.39 Å². The summed E-state index contributed by atoms with van der Waals surface area (Å²) in [6.45, 7) is 0. The number of benzene rings is 1. The van der Waals surface area contributed by atoms with Crippen molar-refractivity contribution >= 4 is 41.9 Å². The van der Waals surface area contributed by atoms with Crippen LogP contribution in [0.1, 0.15) is 0 Å². The zero-order valence-corrected chi connectivity index (χ0v) is 12.1. The molecule has 100 valence electrons. The van der Waals surface area contributed by atoms with Gasteiger partial charge in [0.25, 0.3) is 0 Å². The molecule has 1 aromatic carbocycles. The average molecular weight is 380 g/mol. The van der Waals surface area contributed by atoms with Gasteiger partial charge in [-0.05, 0) is 12.1 Å². The first-order chi connectivity index (χ1) is 7.57. The molecule has 1 rings (SSSR count). The summed E-state index contributed by atoms with van der Waals surface area (Å²) in [5.74, 6) is 0. The summed E-state index contributed by atoms with van der Waals surface area (Å²) >= 11 is 2.79. The minimum atomic E-state index is -4.81. The highest BCUT2D eigenvalue weighted by atomic mass is 79.9. The number of diazo groups is 1. The highest BCUT2D eigenvalue weighted by Crippen LogP contribution is 2.34. The van der Waals surface area contributed by atoms with Crippen LogP contribution >= 0.6 is 15.9 Å². The lowest BCUT2D eigenvalue weighted by Gasteiger charge is -1.99. The molecule has 18 heavy (non-hydrogen) atoms.